The summed E-state index contributed by atoms with van der Waals surface area (Å²) in [7, 11) is 0. The van der Waals surface area contributed by atoms with Gasteiger partial charge in [-0.05, 0) is 12.5 Å². The molecule has 0 unspecified atom stereocenters. The van der Waals surface area contributed by atoms with Crippen LogP contribution in [0.2, 0.25) is 0 Å². The summed E-state index contributed by atoms with van der Waals surface area (Å²) in [5.74, 6) is 0.617. The van der Waals surface area contributed by atoms with Gasteiger partial charge in [-0.1, -0.05) is 32.0 Å². The molecule has 3 rings (SSSR count). The summed E-state index contributed by atoms with van der Waals surface area (Å²) in [5, 5.41) is 1.21. The van der Waals surface area contributed by atoms with Gasteiger partial charge in [0.2, 0.25) is 0 Å². The van der Waals surface area contributed by atoms with E-state index >= 15 is 0 Å². The van der Waals surface area contributed by atoms with E-state index in [0.29, 0.717) is 23.1 Å². The molecule has 1 aliphatic carbocycles. The van der Waals surface area contributed by atoms with Crippen LogP contribution < -0.4 is 5.63 Å². The normalized spacial score (nSPS) is 17.8. The van der Waals surface area contributed by atoms with Crippen molar-refractivity contribution in [3.05, 3.63) is 46.0 Å². The Morgan fingerprint density at radius 1 is 1.11 bits per heavy atom. The lowest BCUT2D eigenvalue weighted by Gasteiger charge is -2.29. The summed E-state index contributed by atoms with van der Waals surface area (Å²) in [6.45, 7) is 4.02. The SMILES string of the molecule is CC1(C)CCC(=O)c2c1oc(=O)c1ccccc21. The smallest absolute Gasteiger partial charge is 0.343 e. The number of hydrogen-bond acceptors (Lipinski definition) is 3. The molecule has 0 amide bonds. The van der Waals surface area contributed by atoms with Gasteiger partial charge in [-0.3, -0.25) is 4.79 Å². The first-order valence-electron chi connectivity index (χ1n) is 6.10. The van der Waals surface area contributed by atoms with Crippen LogP contribution in [0.25, 0.3) is 10.8 Å². The first-order valence-corrected chi connectivity index (χ1v) is 6.10. The second-order valence-electron chi connectivity index (χ2n) is 5.45. The highest BCUT2D eigenvalue weighted by Gasteiger charge is 2.36. The lowest BCUT2D eigenvalue weighted by atomic mass is 9.75. The van der Waals surface area contributed by atoms with Crippen molar-refractivity contribution >= 4 is 16.6 Å². The summed E-state index contributed by atoms with van der Waals surface area (Å²) >= 11 is 0. The third-order valence-corrected chi connectivity index (χ3v) is 3.71. The molecule has 0 N–H and O–H groups in total. The zero-order valence-corrected chi connectivity index (χ0v) is 10.4. The third-order valence-electron chi connectivity index (χ3n) is 3.71. The number of hydrogen-bond donors (Lipinski definition) is 0. The molecule has 0 spiro atoms. The van der Waals surface area contributed by atoms with Gasteiger partial charge >= 0.3 is 5.63 Å². The van der Waals surface area contributed by atoms with Crippen LogP contribution in [0.5, 0.6) is 0 Å². The van der Waals surface area contributed by atoms with E-state index in [1.54, 1.807) is 12.1 Å². The number of rotatable bonds is 0. The Labute approximate surface area is 104 Å². The van der Waals surface area contributed by atoms with Gasteiger partial charge in [-0.25, -0.2) is 4.79 Å². The van der Waals surface area contributed by atoms with Crippen LogP contribution in [-0.4, -0.2) is 5.78 Å². The molecule has 2 aromatic rings. The van der Waals surface area contributed by atoms with Gasteiger partial charge in [-0.2, -0.15) is 0 Å². The van der Waals surface area contributed by atoms with Crippen molar-refractivity contribution in [1.29, 1.82) is 0 Å². The van der Waals surface area contributed by atoms with Crippen LogP contribution in [0, 0.1) is 0 Å². The highest BCUT2D eigenvalue weighted by Crippen LogP contribution is 2.38. The standard InChI is InChI=1S/C15H14O3/c1-15(2)8-7-11(16)12-9-5-3-4-6-10(9)14(17)18-13(12)15/h3-6H,7-8H2,1-2H3. The first kappa shape index (κ1) is 11.2. The van der Waals surface area contributed by atoms with Crippen molar-refractivity contribution in [2.24, 2.45) is 0 Å². The molecule has 0 radical (unpaired) electrons. The van der Waals surface area contributed by atoms with E-state index in [4.69, 9.17) is 4.42 Å². The van der Waals surface area contributed by atoms with E-state index in [0.717, 1.165) is 11.8 Å². The summed E-state index contributed by atoms with van der Waals surface area (Å²) in [6, 6.07) is 7.15. The Balaban J connectivity index is 2.51. The van der Waals surface area contributed by atoms with Gasteiger partial charge in [0, 0.05) is 17.2 Å². The molecule has 0 atom stereocenters. The lowest BCUT2D eigenvalue weighted by molar-refractivity contribution is 0.0946. The molecule has 3 nitrogen and oxygen atoms in total. The van der Waals surface area contributed by atoms with Gasteiger partial charge in [0.05, 0.1) is 10.9 Å². The molecule has 0 bridgehead atoms. The average molecular weight is 242 g/mol. The average Bonchev–Trinajstić information content (AvgIpc) is 2.35. The van der Waals surface area contributed by atoms with Crippen molar-refractivity contribution in [2.45, 2.75) is 32.1 Å². The van der Waals surface area contributed by atoms with Crippen molar-refractivity contribution < 1.29 is 9.21 Å². The number of carbonyl (C=O) groups is 1. The van der Waals surface area contributed by atoms with Gasteiger partial charge in [0.15, 0.2) is 5.78 Å². The van der Waals surface area contributed by atoms with Crippen LogP contribution in [0.1, 0.15) is 42.8 Å². The maximum absolute atomic E-state index is 12.1. The second kappa shape index (κ2) is 3.55. The maximum atomic E-state index is 12.1. The number of carbonyl (C=O) groups excluding carboxylic acids is 1. The van der Waals surface area contributed by atoms with Crippen LogP contribution in [0.4, 0.5) is 0 Å². The highest BCUT2D eigenvalue weighted by atomic mass is 16.4. The molecule has 92 valence electrons. The van der Waals surface area contributed by atoms with E-state index in [1.807, 2.05) is 26.0 Å². The highest BCUT2D eigenvalue weighted by molar-refractivity contribution is 6.09. The topological polar surface area (TPSA) is 47.3 Å². The lowest BCUT2D eigenvalue weighted by Crippen LogP contribution is -2.29. The van der Waals surface area contributed by atoms with Crippen molar-refractivity contribution in [3.63, 3.8) is 0 Å². The molecular formula is C15H14O3. The van der Waals surface area contributed by atoms with Crippen molar-refractivity contribution in [1.82, 2.24) is 0 Å². The van der Waals surface area contributed by atoms with Crippen LogP contribution in [-0.2, 0) is 5.41 Å². The van der Waals surface area contributed by atoms with E-state index in [2.05, 4.69) is 0 Å². The fourth-order valence-electron chi connectivity index (χ4n) is 2.62. The number of benzene rings is 1. The minimum absolute atomic E-state index is 0.0734. The fraction of sp³-hybridized carbons (Fsp3) is 0.333. The Bertz CT molecular complexity index is 707. The minimum Gasteiger partial charge on any atom is -0.426 e. The zero-order valence-electron chi connectivity index (χ0n) is 10.4. The minimum atomic E-state index is -0.355. The van der Waals surface area contributed by atoms with E-state index < -0.39 is 0 Å². The monoisotopic (exact) mass is 242 g/mol. The predicted octanol–water partition coefficient (Wildman–Crippen LogP) is 3.05. The largest absolute Gasteiger partial charge is 0.426 e. The Morgan fingerprint density at radius 3 is 2.50 bits per heavy atom. The Kier molecular flexibility index (Phi) is 2.21. The second-order valence-corrected chi connectivity index (χ2v) is 5.45. The first-order chi connectivity index (χ1) is 8.50. The van der Waals surface area contributed by atoms with Crippen molar-refractivity contribution in [2.75, 3.05) is 0 Å². The van der Waals surface area contributed by atoms with Crippen LogP contribution in [0.3, 0.4) is 0 Å². The third kappa shape index (κ3) is 1.43. The molecule has 18 heavy (non-hydrogen) atoms. The van der Waals surface area contributed by atoms with E-state index in [-0.39, 0.29) is 16.8 Å². The van der Waals surface area contributed by atoms with Crippen LogP contribution in [0.15, 0.2) is 33.5 Å². The molecule has 1 aromatic carbocycles. The van der Waals surface area contributed by atoms with Gasteiger partial charge < -0.3 is 4.42 Å². The summed E-state index contributed by atoms with van der Waals surface area (Å²) < 4.78 is 5.42. The fourth-order valence-corrected chi connectivity index (χ4v) is 2.62. The summed E-state index contributed by atoms with van der Waals surface area (Å²) in [6.07, 6.45) is 1.23. The Morgan fingerprint density at radius 2 is 1.78 bits per heavy atom. The van der Waals surface area contributed by atoms with Gasteiger partial charge in [0.25, 0.3) is 0 Å². The molecule has 0 fully saturated rings. The van der Waals surface area contributed by atoms with E-state index in [9.17, 15) is 9.59 Å². The number of fused-ring (bicyclic) bond motifs is 3. The van der Waals surface area contributed by atoms with Gasteiger partial charge in [-0.15, -0.1) is 0 Å². The van der Waals surface area contributed by atoms with Crippen LogP contribution >= 0.6 is 0 Å². The molecule has 1 heterocycles. The molecule has 1 aromatic heterocycles. The molecule has 3 heteroatoms. The molecular weight excluding hydrogens is 228 g/mol. The van der Waals surface area contributed by atoms with Gasteiger partial charge in [0.1, 0.15) is 5.76 Å². The maximum Gasteiger partial charge on any atom is 0.343 e. The predicted molar refractivity (Wildman–Crippen MR) is 69.1 cm³/mol. The van der Waals surface area contributed by atoms with E-state index in [1.165, 1.54) is 0 Å². The quantitative estimate of drug-likeness (QED) is 0.713. The van der Waals surface area contributed by atoms with Crippen molar-refractivity contribution in [3.8, 4) is 0 Å². The zero-order chi connectivity index (χ0) is 12.9. The number of Topliss-reactive ketones (excluding diaryl/α,β-unsaturated/α-hetero) is 1. The Hall–Kier alpha value is -1.90. The molecule has 1 aliphatic rings. The molecule has 0 aliphatic heterocycles. The molecule has 0 saturated heterocycles. The molecule has 0 saturated carbocycles. The summed E-state index contributed by atoms with van der Waals surface area (Å²) in [4.78, 5) is 24.1. The summed E-state index contributed by atoms with van der Waals surface area (Å²) in [5.41, 5.74) is -0.0135. The number of ketones is 1.